The zero-order valence-corrected chi connectivity index (χ0v) is 20.2. The quantitative estimate of drug-likeness (QED) is 0.339. The number of aromatic nitrogens is 6. The minimum atomic E-state index is -3.67. The fourth-order valence-corrected chi connectivity index (χ4v) is 5.26. The number of benzene rings is 1. The van der Waals surface area contributed by atoms with Crippen LogP contribution in [0.15, 0.2) is 36.0 Å². The highest BCUT2D eigenvalue weighted by Crippen LogP contribution is 2.37. The Bertz CT molecular complexity index is 1380. The van der Waals surface area contributed by atoms with Gasteiger partial charge in [0.25, 0.3) is 0 Å². The molecule has 3 heterocycles. The molecule has 13 heteroatoms. The van der Waals surface area contributed by atoms with E-state index < -0.39 is 21.4 Å². The number of hydrogen-bond acceptors (Lipinski definition) is 10. The fourth-order valence-electron chi connectivity index (χ4n) is 3.28. The number of methoxy groups -OCH3 is 2. The predicted molar refractivity (Wildman–Crippen MR) is 123 cm³/mol. The molecule has 0 atom stereocenters. The molecule has 0 unspecified atom stereocenters. The van der Waals surface area contributed by atoms with Crippen LogP contribution in [-0.4, -0.2) is 58.1 Å². The lowest BCUT2D eigenvalue weighted by molar-refractivity contribution is 0.391. The van der Waals surface area contributed by atoms with E-state index >= 15 is 0 Å². The van der Waals surface area contributed by atoms with Crippen molar-refractivity contribution in [2.24, 2.45) is 0 Å². The molecule has 3 aromatic heterocycles. The molecule has 34 heavy (non-hydrogen) atoms. The van der Waals surface area contributed by atoms with Gasteiger partial charge in [0, 0.05) is 17.5 Å². The zero-order chi connectivity index (χ0) is 24.3. The Morgan fingerprint density at radius 3 is 2.35 bits per heavy atom. The van der Waals surface area contributed by atoms with Crippen molar-refractivity contribution in [3.63, 3.8) is 0 Å². The summed E-state index contributed by atoms with van der Waals surface area (Å²) in [6.07, 6.45) is 2.04. The number of ether oxygens (including phenoxy) is 2. The Kier molecular flexibility index (Phi) is 6.84. The normalized spacial score (nSPS) is 11.5. The van der Waals surface area contributed by atoms with E-state index in [1.165, 1.54) is 25.6 Å². The maximum atomic E-state index is 13.0. The van der Waals surface area contributed by atoms with Gasteiger partial charge in [0.15, 0.2) is 32.3 Å². The summed E-state index contributed by atoms with van der Waals surface area (Å²) in [6.45, 7) is 1.85. The summed E-state index contributed by atoms with van der Waals surface area (Å²) in [5.41, 5.74) is 1.27. The van der Waals surface area contributed by atoms with E-state index in [4.69, 9.17) is 9.47 Å². The van der Waals surface area contributed by atoms with Gasteiger partial charge in [0.1, 0.15) is 28.8 Å². The van der Waals surface area contributed by atoms with Gasteiger partial charge in [-0.05, 0) is 19.1 Å². The molecule has 0 N–H and O–H groups in total. The third-order valence-corrected chi connectivity index (χ3v) is 7.31. The van der Waals surface area contributed by atoms with Gasteiger partial charge in [0.05, 0.1) is 32.4 Å². The van der Waals surface area contributed by atoms with Gasteiger partial charge in [-0.2, -0.15) is 0 Å². The molecule has 0 bridgehead atoms. The Hall–Kier alpha value is -3.45. The zero-order valence-electron chi connectivity index (χ0n) is 18.6. The first kappa shape index (κ1) is 23.7. The molecule has 4 rings (SSSR count). The molecule has 0 fully saturated rings. The Balaban J connectivity index is 1.75. The molecular weight excluding hydrogens is 483 g/mol. The number of aryl methyl sites for hydroxylation is 2. The summed E-state index contributed by atoms with van der Waals surface area (Å²) in [6, 6.07) is 5.23. The molecule has 0 aliphatic rings. The van der Waals surface area contributed by atoms with Crippen LogP contribution < -0.4 is 9.47 Å². The molecule has 178 valence electrons. The average molecular weight is 505 g/mol. The molecule has 1 aromatic carbocycles. The summed E-state index contributed by atoms with van der Waals surface area (Å²) >= 11 is 1.37. The molecular formula is C21H21FN6O4S2. The van der Waals surface area contributed by atoms with Gasteiger partial charge in [-0.15, -0.1) is 21.5 Å². The van der Waals surface area contributed by atoms with E-state index in [0.717, 1.165) is 18.1 Å². The van der Waals surface area contributed by atoms with Crippen molar-refractivity contribution < 1.29 is 22.3 Å². The molecule has 0 spiro atoms. The average Bonchev–Trinajstić information content (AvgIpc) is 3.43. The molecule has 0 aliphatic carbocycles. The van der Waals surface area contributed by atoms with Crippen LogP contribution in [0.4, 0.5) is 4.39 Å². The van der Waals surface area contributed by atoms with Gasteiger partial charge in [-0.3, -0.25) is 4.57 Å². The van der Waals surface area contributed by atoms with Crippen molar-refractivity contribution in [2.75, 3.05) is 20.0 Å². The standard InChI is InChI=1S/C21H21FN6O4S2/c1-13-11-33-21(25-13)20-27-26-18(28(20)19-15(31-2)5-4-6-16(19)32-3)12-34(29,30)8-7-17-23-9-14(22)10-24-17/h4-6,9-11H,7-8,12H2,1-3H3. The van der Waals surface area contributed by atoms with Crippen molar-refractivity contribution in [1.82, 2.24) is 29.7 Å². The molecule has 0 aliphatic heterocycles. The summed E-state index contributed by atoms with van der Waals surface area (Å²) in [5, 5.41) is 10.9. The van der Waals surface area contributed by atoms with Gasteiger partial charge < -0.3 is 9.47 Å². The fraction of sp³-hybridized carbons (Fsp3) is 0.286. The van der Waals surface area contributed by atoms with Crippen molar-refractivity contribution in [3.8, 4) is 28.0 Å². The second-order valence-corrected chi connectivity index (χ2v) is 10.3. The third kappa shape index (κ3) is 5.04. The van der Waals surface area contributed by atoms with E-state index in [-0.39, 0.29) is 23.8 Å². The molecule has 0 saturated heterocycles. The minimum absolute atomic E-state index is 0.0350. The number of sulfone groups is 1. The van der Waals surface area contributed by atoms with E-state index in [1.807, 2.05) is 12.3 Å². The van der Waals surface area contributed by atoms with Gasteiger partial charge in [0.2, 0.25) is 0 Å². The largest absolute Gasteiger partial charge is 0.494 e. The van der Waals surface area contributed by atoms with Crippen LogP contribution in [0.2, 0.25) is 0 Å². The molecule has 4 aromatic rings. The number of thiazole rings is 1. The SMILES string of the molecule is COc1cccc(OC)c1-n1c(CS(=O)(=O)CCc2ncc(F)cn2)nnc1-c1nc(C)cs1. The van der Waals surface area contributed by atoms with E-state index in [2.05, 4.69) is 25.1 Å². The third-order valence-electron chi connectivity index (χ3n) is 4.83. The Morgan fingerprint density at radius 1 is 1.09 bits per heavy atom. The topological polar surface area (TPSA) is 122 Å². The number of hydrogen-bond donors (Lipinski definition) is 0. The second-order valence-electron chi connectivity index (χ2n) is 7.24. The summed E-state index contributed by atoms with van der Waals surface area (Å²) in [4.78, 5) is 12.1. The van der Waals surface area contributed by atoms with Crippen molar-refractivity contribution in [2.45, 2.75) is 19.1 Å². The van der Waals surface area contributed by atoms with E-state index in [1.54, 1.807) is 22.8 Å². The highest BCUT2D eigenvalue weighted by Gasteiger charge is 2.26. The second kappa shape index (κ2) is 9.81. The van der Waals surface area contributed by atoms with E-state index in [9.17, 15) is 12.8 Å². The van der Waals surface area contributed by atoms with Gasteiger partial charge in [-0.1, -0.05) is 6.07 Å². The Morgan fingerprint density at radius 2 is 1.76 bits per heavy atom. The highest BCUT2D eigenvalue weighted by molar-refractivity contribution is 7.90. The maximum absolute atomic E-state index is 13.0. The molecule has 0 saturated carbocycles. The summed E-state index contributed by atoms with van der Waals surface area (Å²) in [5.74, 6) is 0.428. The van der Waals surface area contributed by atoms with Crippen molar-refractivity contribution in [3.05, 3.63) is 59.1 Å². The van der Waals surface area contributed by atoms with Crippen LogP contribution in [-0.2, 0) is 22.0 Å². The van der Waals surface area contributed by atoms with Crippen LogP contribution in [0.3, 0.4) is 0 Å². The molecule has 10 nitrogen and oxygen atoms in total. The maximum Gasteiger partial charge on any atom is 0.197 e. The monoisotopic (exact) mass is 504 g/mol. The van der Waals surface area contributed by atoms with Crippen LogP contribution in [0, 0.1) is 12.7 Å². The van der Waals surface area contributed by atoms with Crippen molar-refractivity contribution in [1.29, 1.82) is 0 Å². The lowest BCUT2D eigenvalue weighted by Gasteiger charge is -2.16. The van der Waals surface area contributed by atoms with Crippen molar-refractivity contribution >= 4 is 21.2 Å². The first-order valence-electron chi connectivity index (χ1n) is 10.1. The smallest absolute Gasteiger partial charge is 0.197 e. The van der Waals surface area contributed by atoms with E-state index in [0.29, 0.717) is 28.0 Å². The van der Waals surface area contributed by atoms with Crippen LogP contribution in [0.1, 0.15) is 17.3 Å². The highest BCUT2D eigenvalue weighted by atomic mass is 32.2. The molecule has 0 amide bonds. The number of para-hydroxylation sites is 1. The first-order valence-corrected chi connectivity index (χ1v) is 12.8. The van der Waals surface area contributed by atoms with Crippen LogP contribution in [0.5, 0.6) is 11.5 Å². The predicted octanol–water partition coefficient (Wildman–Crippen LogP) is 2.80. The summed E-state index contributed by atoms with van der Waals surface area (Å²) < 4.78 is 51.7. The number of nitrogens with zero attached hydrogens (tertiary/aromatic N) is 6. The molecule has 0 radical (unpaired) electrons. The first-order chi connectivity index (χ1) is 16.3. The van der Waals surface area contributed by atoms with Gasteiger partial charge in [-0.25, -0.2) is 27.8 Å². The Labute approximate surface area is 199 Å². The van der Waals surface area contributed by atoms with Crippen LogP contribution >= 0.6 is 11.3 Å². The lowest BCUT2D eigenvalue weighted by Crippen LogP contribution is -2.16. The number of halogens is 1. The lowest BCUT2D eigenvalue weighted by atomic mass is 10.2. The van der Waals surface area contributed by atoms with Crippen LogP contribution in [0.25, 0.3) is 16.5 Å². The van der Waals surface area contributed by atoms with Gasteiger partial charge >= 0.3 is 0 Å². The summed E-state index contributed by atoms with van der Waals surface area (Å²) in [7, 11) is -0.654. The minimum Gasteiger partial charge on any atom is -0.494 e. The number of rotatable bonds is 9.